The summed E-state index contributed by atoms with van der Waals surface area (Å²) in [5.74, 6) is 1.56. The number of hydrogen-bond acceptors (Lipinski definition) is 6. The highest BCUT2D eigenvalue weighted by Gasteiger charge is 2.25. The Morgan fingerprint density at radius 3 is 2.29 bits per heavy atom. The molecule has 3 rings (SSSR count). The molecule has 0 spiro atoms. The number of anilines is 2. The van der Waals surface area contributed by atoms with Crippen LogP contribution in [0.5, 0.6) is 0 Å². The number of hydrogen-bond donors (Lipinski definition) is 0. The number of aromatic nitrogens is 2. The lowest BCUT2D eigenvalue weighted by atomic mass is 10.2. The Morgan fingerprint density at radius 1 is 1.05 bits per heavy atom. The van der Waals surface area contributed by atoms with Crippen LogP contribution in [0, 0.1) is 0 Å². The number of halogens is 1. The molecule has 2 fully saturated rings. The number of rotatable bonds is 2. The van der Waals surface area contributed by atoms with E-state index in [1.807, 2.05) is 6.07 Å². The summed E-state index contributed by atoms with van der Waals surface area (Å²) in [6, 6.07) is 2.38. The normalized spacial score (nSPS) is 27.0. The molecular formula is C14H21ClN4O2. The third kappa shape index (κ3) is 3.22. The summed E-state index contributed by atoms with van der Waals surface area (Å²) >= 11 is 6.22. The van der Waals surface area contributed by atoms with Gasteiger partial charge in [0.05, 0.1) is 38.5 Å². The van der Waals surface area contributed by atoms with Crippen LogP contribution in [0.15, 0.2) is 6.07 Å². The van der Waals surface area contributed by atoms with Gasteiger partial charge >= 0.3 is 0 Å². The highest BCUT2D eigenvalue weighted by atomic mass is 35.5. The van der Waals surface area contributed by atoms with Crippen LogP contribution in [0.3, 0.4) is 0 Å². The summed E-state index contributed by atoms with van der Waals surface area (Å²) in [6.45, 7) is 8.68. The largest absolute Gasteiger partial charge is 0.377 e. The third-order valence-electron chi connectivity index (χ3n) is 3.96. The molecule has 0 bridgehead atoms. The maximum atomic E-state index is 6.22. The Labute approximate surface area is 130 Å². The first-order valence-corrected chi connectivity index (χ1v) is 7.76. The third-order valence-corrected chi connectivity index (χ3v) is 4.15. The molecule has 0 aromatic carbocycles. The number of ether oxygens (including phenoxy) is 2. The molecule has 0 radical (unpaired) electrons. The minimum Gasteiger partial charge on any atom is -0.377 e. The van der Waals surface area contributed by atoms with Gasteiger partial charge in [-0.1, -0.05) is 11.6 Å². The lowest BCUT2D eigenvalue weighted by molar-refractivity contribution is 0.0972. The molecule has 7 heteroatoms. The van der Waals surface area contributed by atoms with Crippen molar-refractivity contribution in [2.45, 2.75) is 25.9 Å². The van der Waals surface area contributed by atoms with E-state index in [9.17, 15) is 0 Å². The molecular weight excluding hydrogens is 292 g/mol. The fourth-order valence-electron chi connectivity index (χ4n) is 2.76. The maximum Gasteiger partial charge on any atom is 0.229 e. The van der Waals surface area contributed by atoms with Crippen molar-refractivity contribution in [3.8, 4) is 0 Å². The standard InChI is InChI=1S/C14H21ClN4O2/c1-10-8-20-5-3-18(10)13-7-12(15)16-14(17-13)19-4-6-21-9-11(19)2/h7,10-11H,3-6,8-9H2,1-2H3/t10?,11-/m0/s1. The van der Waals surface area contributed by atoms with Crippen molar-refractivity contribution < 1.29 is 9.47 Å². The lowest BCUT2D eigenvalue weighted by Gasteiger charge is -2.36. The number of morpholine rings is 2. The van der Waals surface area contributed by atoms with Crippen molar-refractivity contribution >= 4 is 23.4 Å². The zero-order valence-electron chi connectivity index (χ0n) is 12.5. The van der Waals surface area contributed by atoms with E-state index in [1.54, 1.807) is 0 Å². The van der Waals surface area contributed by atoms with Crippen LogP contribution in [0.2, 0.25) is 5.15 Å². The maximum absolute atomic E-state index is 6.22. The van der Waals surface area contributed by atoms with Crippen LogP contribution in [0.25, 0.3) is 0 Å². The second-order valence-corrected chi connectivity index (χ2v) is 5.97. The highest BCUT2D eigenvalue weighted by Crippen LogP contribution is 2.25. The van der Waals surface area contributed by atoms with Crippen LogP contribution in [0.4, 0.5) is 11.8 Å². The van der Waals surface area contributed by atoms with Crippen molar-refractivity contribution in [2.75, 3.05) is 49.3 Å². The summed E-state index contributed by atoms with van der Waals surface area (Å²) < 4.78 is 11.0. The van der Waals surface area contributed by atoms with Gasteiger partial charge in [0.25, 0.3) is 0 Å². The second-order valence-electron chi connectivity index (χ2n) is 5.58. The Morgan fingerprint density at radius 2 is 1.67 bits per heavy atom. The molecule has 0 aliphatic carbocycles. The summed E-state index contributed by atoms with van der Waals surface area (Å²) in [4.78, 5) is 13.5. The SMILES string of the molecule is CC1COCCN1c1cc(Cl)nc(N2CCOC[C@@H]2C)n1. The van der Waals surface area contributed by atoms with Crippen LogP contribution in [-0.2, 0) is 9.47 Å². The van der Waals surface area contributed by atoms with Crippen LogP contribution < -0.4 is 9.80 Å². The molecule has 2 aliphatic rings. The minimum atomic E-state index is 0.257. The zero-order chi connectivity index (χ0) is 14.8. The molecule has 2 atom stereocenters. The second kappa shape index (κ2) is 6.34. The lowest BCUT2D eigenvalue weighted by Crippen LogP contribution is -2.46. The van der Waals surface area contributed by atoms with E-state index in [0.717, 1.165) is 25.5 Å². The van der Waals surface area contributed by atoms with Crippen molar-refractivity contribution in [1.82, 2.24) is 9.97 Å². The fourth-order valence-corrected chi connectivity index (χ4v) is 2.93. The van der Waals surface area contributed by atoms with Gasteiger partial charge in [-0.15, -0.1) is 0 Å². The first kappa shape index (κ1) is 14.8. The van der Waals surface area contributed by atoms with Crippen molar-refractivity contribution in [2.24, 2.45) is 0 Å². The van der Waals surface area contributed by atoms with E-state index < -0.39 is 0 Å². The Bertz CT molecular complexity index is 462. The first-order valence-electron chi connectivity index (χ1n) is 7.38. The van der Waals surface area contributed by atoms with Gasteiger partial charge in [-0.25, -0.2) is 4.98 Å². The molecule has 1 aromatic rings. The molecule has 3 heterocycles. The summed E-state index contributed by atoms with van der Waals surface area (Å²) in [6.07, 6.45) is 0. The van der Waals surface area contributed by atoms with Gasteiger partial charge in [-0.2, -0.15) is 4.98 Å². The summed E-state index contributed by atoms with van der Waals surface area (Å²) in [5, 5.41) is 0.479. The molecule has 2 aliphatic heterocycles. The molecule has 116 valence electrons. The van der Waals surface area contributed by atoms with Gasteiger partial charge in [-0.05, 0) is 13.8 Å². The highest BCUT2D eigenvalue weighted by molar-refractivity contribution is 6.29. The van der Waals surface area contributed by atoms with Crippen LogP contribution >= 0.6 is 11.6 Å². The van der Waals surface area contributed by atoms with Crippen LogP contribution in [0.1, 0.15) is 13.8 Å². The zero-order valence-corrected chi connectivity index (χ0v) is 13.2. The minimum absolute atomic E-state index is 0.257. The van der Waals surface area contributed by atoms with E-state index in [0.29, 0.717) is 37.0 Å². The summed E-state index contributed by atoms with van der Waals surface area (Å²) in [7, 11) is 0. The first-order chi connectivity index (χ1) is 10.1. The topological polar surface area (TPSA) is 50.7 Å². The molecule has 6 nitrogen and oxygen atoms in total. The van der Waals surface area contributed by atoms with Crippen molar-refractivity contribution in [1.29, 1.82) is 0 Å². The molecule has 0 N–H and O–H groups in total. The van der Waals surface area contributed by atoms with Crippen LogP contribution in [-0.4, -0.2) is 61.6 Å². The van der Waals surface area contributed by atoms with E-state index in [4.69, 9.17) is 26.1 Å². The van der Waals surface area contributed by atoms with Gasteiger partial charge in [0.15, 0.2) is 0 Å². The average molecular weight is 313 g/mol. The quantitative estimate of drug-likeness (QED) is 0.773. The predicted molar refractivity (Wildman–Crippen MR) is 82.3 cm³/mol. The molecule has 1 aromatic heterocycles. The molecule has 1 unspecified atom stereocenters. The van der Waals surface area contributed by atoms with E-state index in [-0.39, 0.29) is 6.04 Å². The van der Waals surface area contributed by atoms with Gasteiger partial charge < -0.3 is 19.3 Å². The Balaban J connectivity index is 1.88. The molecule has 0 saturated carbocycles. The van der Waals surface area contributed by atoms with Gasteiger partial charge in [0.1, 0.15) is 11.0 Å². The smallest absolute Gasteiger partial charge is 0.229 e. The molecule has 2 saturated heterocycles. The molecule has 21 heavy (non-hydrogen) atoms. The number of nitrogens with zero attached hydrogens (tertiary/aromatic N) is 4. The van der Waals surface area contributed by atoms with Gasteiger partial charge in [0.2, 0.25) is 5.95 Å². The Hall–Kier alpha value is -1.11. The summed E-state index contributed by atoms with van der Waals surface area (Å²) in [5.41, 5.74) is 0. The van der Waals surface area contributed by atoms with Crippen molar-refractivity contribution in [3.63, 3.8) is 0 Å². The predicted octanol–water partition coefficient (Wildman–Crippen LogP) is 1.58. The molecule has 0 amide bonds. The van der Waals surface area contributed by atoms with E-state index in [2.05, 4.69) is 28.6 Å². The monoisotopic (exact) mass is 312 g/mol. The Kier molecular flexibility index (Phi) is 4.47. The van der Waals surface area contributed by atoms with E-state index >= 15 is 0 Å². The fraction of sp³-hybridized carbons (Fsp3) is 0.714. The van der Waals surface area contributed by atoms with Gasteiger partial charge in [0, 0.05) is 19.2 Å². The van der Waals surface area contributed by atoms with Crippen molar-refractivity contribution in [3.05, 3.63) is 11.2 Å². The van der Waals surface area contributed by atoms with Gasteiger partial charge in [-0.3, -0.25) is 0 Å². The average Bonchev–Trinajstić information content (AvgIpc) is 2.47. The van der Waals surface area contributed by atoms with E-state index in [1.165, 1.54) is 0 Å².